The molecule has 2 rings (SSSR count). The second kappa shape index (κ2) is 2.24. The monoisotopic (exact) mass is 162 g/mol. The van der Waals surface area contributed by atoms with Gasteiger partial charge in [-0.1, -0.05) is 0 Å². The third-order valence-corrected chi connectivity index (χ3v) is 2.10. The van der Waals surface area contributed by atoms with E-state index in [4.69, 9.17) is 0 Å². The Labute approximate surface area is 70.3 Å². The number of hydrogen-bond donors (Lipinski definition) is 1. The fourth-order valence-corrected chi connectivity index (χ4v) is 1.45. The van der Waals surface area contributed by atoms with Crippen molar-refractivity contribution in [1.29, 1.82) is 0 Å². The molecule has 0 saturated heterocycles. The first-order valence-electron chi connectivity index (χ1n) is 3.80. The molecule has 0 aliphatic heterocycles. The topological polar surface area (TPSA) is 38.1 Å². The zero-order chi connectivity index (χ0) is 8.72. The molecule has 0 radical (unpaired) electrons. The van der Waals surface area contributed by atoms with Crippen molar-refractivity contribution >= 4 is 11.0 Å². The van der Waals surface area contributed by atoms with Gasteiger partial charge in [-0.05, 0) is 18.6 Å². The highest BCUT2D eigenvalue weighted by molar-refractivity contribution is 5.80. The van der Waals surface area contributed by atoms with Gasteiger partial charge < -0.3 is 9.67 Å². The molecule has 0 bridgehead atoms. The molecule has 0 unspecified atom stereocenters. The summed E-state index contributed by atoms with van der Waals surface area (Å²) < 4.78 is 1.73. The fourth-order valence-electron chi connectivity index (χ4n) is 1.45. The smallest absolute Gasteiger partial charge is 0.193 e. The van der Waals surface area contributed by atoms with E-state index in [1.807, 2.05) is 20.0 Å². The molecule has 2 aromatic heterocycles. The van der Waals surface area contributed by atoms with Gasteiger partial charge in [0.1, 0.15) is 0 Å². The first-order chi connectivity index (χ1) is 5.70. The van der Waals surface area contributed by atoms with E-state index >= 15 is 0 Å². The molecular weight excluding hydrogens is 152 g/mol. The Hall–Kier alpha value is -1.51. The third kappa shape index (κ3) is 0.794. The van der Waals surface area contributed by atoms with Crippen LogP contribution in [0.4, 0.5) is 0 Å². The predicted molar refractivity (Wildman–Crippen MR) is 47.1 cm³/mol. The van der Waals surface area contributed by atoms with E-state index in [1.165, 1.54) is 0 Å². The van der Waals surface area contributed by atoms with Gasteiger partial charge >= 0.3 is 0 Å². The van der Waals surface area contributed by atoms with Gasteiger partial charge in [-0.3, -0.25) is 4.98 Å². The summed E-state index contributed by atoms with van der Waals surface area (Å²) in [6.45, 7) is 2.00. The Balaban J connectivity index is 2.97. The van der Waals surface area contributed by atoms with Gasteiger partial charge in [-0.25, -0.2) is 0 Å². The first-order valence-corrected chi connectivity index (χ1v) is 3.80. The quantitative estimate of drug-likeness (QED) is 0.638. The zero-order valence-electron chi connectivity index (χ0n) is 7.07. The van der Waals surface area contributed by atoms with Crippen LogP contribution in [0.15, 0.2) is 18.3 Å². The summed E-state index contributed by atoms with van der Waals surface area (Å²) in [6, 6.07) is 3.60. The standard InChI is InChI=1S/C9H10N2O/c1-6-3-4-10-7-5-8(12)11(2)9(6)7/h3-5,12H,1-2H3. The van der Waals surface area contributed by atoms with Crippen molar-refractivity contribution in [3.63, 3.8) is 0 Å². The van der Waals surface area contributed by atoms with Crippen LogP contribution in [0.3, 0.4) is 0 Å². The second-order valence-electron chi connectivity index (χ2n) is 2.92. The van der Waals surface area contributed by atoms with Gasteiger partial charge in [0.05, 0.1) is 11.0 Å². The molecule has 62 valence electrons. The molecule has 2 heterocycles. The van der Waals surface area contributed by atoms with E-state index in [0.717, 1.165) is 16.6 Å². The molecule has 12 heavy (non-hydrogen) atoms. The van der Waals surface area contributed by atoms with Crippen LogP contribution in [-0.4, -0.2) is 14.7 Å². The minimum absolute atomic E-state index is 0.256. The Bertz CT molecular complexity index is 431. The van der Waals surface area contributed by atoms with Gasteiger partial charge in [-0.15, -0.1) is 0 Å². The van der Waals surface area contributed by atoms with Crippen LogP contribution in [0.5, 0.6) is 5.88 Å². The summed E-state index contributed by atoms with van der Waals surface area (Å²) >= 11 is 0. The highest BCUT2D eigenvalue weighted by Crippen LogP contribution is 2.23. The molecule has 0 aliphatic carbocycles. The van der Waals surface area contributed by atoms with Crippen molar-refractivity contribution in [2.45, 2.75) is 6.92 Å². The molecule has 0 amide bonds. The number of nitrogens with zero attached hydrogens (tertiary/aromatic N) is 2. The van der Waals surface area contributed by atoms with Crippen LogP contribution in [0, 0.1) is 6.92 Å². The van der Waals surface area contributed by atoms with E-state index in [0.29, 0.717) is 0 Å². The molecule has 3 heteroatoms. The molecule has 0 saturated carbocycles. The maximum absolute atomic E-state index is 9.39. The summed E-state index contributed by atoms with van der Waals surface area (Å²) in [5.74, 6) is 0.256. The van der Waals surface area contributed by atoms with Crippen LogP contribution in [0.2, 0.25) is 0 Å². The number of pyridine rings is 1. The lowest BCUT2D eigenvalue weighted by Crippen LogP contribution is -1.89. The van der Waals surface area contributed by atoms with Crippen molar-refractivity contribution in [3.05, 3.63) is 23.9 Å². The lowest BCUT2D eigenvalue weighted by Gasteiger charge is -1.99. The number of fused-ring (bicyclic) bond motifs is 1. The summed E-state index contributed by atoms with van der Waals surface area (Å²) in [7, 11) is 1.83. The van der Waals surface area contributed by atoms with Gasteiger partial charge in [0.25, 0.3) is 0 Å². The minimum Gasteiger partial charge on any atom is -0.494 e. The number of aromatic nitrogens is 2. The van der Waals surface area contributed by atoms with Crippen molar-refractivity contribution in [2.75, 3.05) is 0 Å². The van der Waals surface area contributed by atoms with E-state index < -0.39 is 0 Å². The molecule has 0 atom stereocenters. The fraction of sp³-hybridized carbons (Fsp3) is 0.222. The second-order valence-corrected chi connectivity index (χ2v) is 2.92. The van der Waals surface area contributed by atoms with Crippen LogP contribution < -0.4 is 0 Å². The lowest BCUT2D eigenvalue weighted by atomic mass is 10.2. The molecule has 0 spiro atoms. The van der Waals surface area contributed by atoms with Crippen molar-refractivity contribution in [3.8, 4) is 5.88 Å². The molecule has 2 aromatic rings. The third-order valence-electron chi connectivity index (χ3n) is 2.10. The summed E-state index contributed by atoms with van der Waals surface area (Å²) in [5, 5.41) is 9.39. The molecule has 3 nitrogen and oxygen atoms in total. The first kappa shape index (κ1) is 7.16. The number of aromatic hydroxyl groups is 1. The highest BCUT2D eigenvalue weighted by Gasteiger charge is 2.06. The summed E-state index contributed by atoms with van der Waals surface area (Å²) in [6.07, 6.45) is 1.75. The largest absolute Gasteiger partial charge is 0.494 e. The van der Waals surface area contributed by atoms with Gasteiger partial charge in [0, 0.05) is 19.3 Å². The molecule has 1 N–H and O–H groups in total. The lowest BCUT2D eigenvalue weighted by molar-refractivity contribution is 0.435. The van der Waals surface area contributed by atoms with E-state index in [1.54, 1.807) is 16.8 Å². The predicted octanol–water partition coefficient (Wildman–Crippen LogP) is 1.59. The van der Waals surface area contributed by atoms with Crippen LogP contribution in [-0.2, 0) is 7.05 Å². The van der Waals surface area contributed by atoms with Crippen LogP contribution in [0.1, 0.15) is 5.56 Å². The van der Waals surface area contributed by atoms with Crippen molar-refractivity contribution in [1.82, 2.24) is 9.55 Å². The van der Waals surface area contributed by atoms with Crippen molar-refractivity contribution in [2.24, 2.45) is 7.05 Å². The van der Waals surface area contributed by atoms with E-state index in [-0.39, 0.29) is 5.88 Å². The molecule has 0 aromatic carbocycles. The number of hydrogen-bond acceptors (Lipinski definition) is 2. The van der Waals surface area contributed by atoms with Gasteiger partial charge in [0.2, 0.25) is 0 Å². The highest BCUT2D eigenvalue weighted by atomic mass is 16.3. The maximum Gasteiger partial charge on any atom is 0.193 e. The van der Waals surface area contributed by atoms with Crippen LogP contribution in [0.25, 0.3) is 11.0 Å². The van der Waals surface area contributed by atoms with E-state index in [2.05, 4.69) is 4.98 Å². The van der Waals surface area contributed by atoms with Crippen molar-refractivity contribution < 1.29 is 5.11 Å². The molecule has 0 aliphatic rings. The Morgan fingerprint density at radius 1 is 1.50 bits per heavy atom. The Morgan fingerprint density at radius 3 is 2.92 bits per heavy atom. The summed E-state index contributed by atoms with van der Waals surface area (Å²) in [5.41, 5.74) is 2.97. The SMILES string of the molecule is Cc1ccnc2cc(O)n(C)c12. The Morgan fingerprint density at radius 2 is 2.25 bits per heavy atom. The molecular formula is C9H10N2O. The zero-order valence-corrected chi connectivity index (χ0v) is 7.07. The van der Waals surface area contributed by atoms with Gasteiger partial charge in [-0.2, -0.15) is 0 Å². The van der Waals surface area contributed by atoms with Crippen LogP contribution >= 0.6 is 0 Å². The minimum atomic E-state index is 0.256. The molecule has 0 fully saturated rings. The number of rotatable bonds is 0. The van der Waals surface area contributed by atoms with Gasteiger partial charge in [0.15, 0.2) is 5.88 Å². The van der Waals surface area contributed by atoms with E-state index in [9.17, 15) is 5.11 Å². The number of aryl methyl sites for hydroxylation is 2. The maximum atomic E-state index is 9.39. The average Bonchev–Trinajstić information content (AvgIpc) is 2.29. The normalized spacial score (nSPS) is 10.8. The average molecular weight is 162 g/mol. The summed E-state index contributed by atoms with van der Waals surface area (Å²) in [4.78, 5) is 4.14. The Kier molecular flexibility index (Phi) is 1.33.